The Morgan fingerprint density at radius 3 is 2.29 bits per heavy atom. The van der Waals surface area contributed by atoms with Crippen molar-refractivity contribution < 1.29 is 27.1 Å². The fourth-order valence-electron chi connectivity index (χ4n) is 2.97. The van der Waals surface area contributed by atoms with Crippen LogP contribution in [0.1, 0.15) is 0 Å². The van der Waals surface area contributed by atoms with Crippen molar-refractivity contribution in [2.24, 2.45) is 0 Å². The minimum absolute atomic E-state index is 0.0338. The minimum Gasteiger partial charge on any atom is -0.493 e. The largest absolute Gasteiger partial charge is 0.493 e. The summed E-state index contributed by atoms with van der Waals surface area (Å²) in [6.07, 6.45) is 0. The van der Waals surface area contributed by atoms with Gasteiger partial charge < -0.3 is 14.8 Å². The van der Waals surface area contributed by atoms with Crippen molar-refractivity contribution in [2.75, 3.05) is 30.4 Å². The first-order valence-electron chi connectivity index (χ1n) is 9.51. The van der Waals surface area contributed by atoms with E-state index in [-0.39, 0.29) is 32.1 Å². The summed E-state index contributed by atoms with van der Waals surface area (Å²) in [5.74, 6) is -1.00. The Balaban J connectivity index is 2.04. The lowest BCUT2D eigenvalue weighted by atomic mass is 10.3. The first-order chi connectivity index (χ1) is 16.1. The molecule has 0 aliphatic rings. The van der Waals surface area contributed by atoms with Gasteiger partial charge in [-0.1, -0.05) is 34.8 Å². The molecular weight excluding hydrogens is 530 g/mol. The smallest absolute Gasteiger partial charge is 0.264 e. The average Bonchev–Trinajstić information content (AvgIpc) is 2.81. The number of nitrogens with zero attached hydrogens (tertiary/aromatic N) is 1. The summed E-state index contributed by atoms with van der Waals surface area (Å²) in [6.45, 7) is -0.679. The summed E-state index contributed by atoms with van der Waals surface area (Å²) in [7, 11) is -1.59. The van der Waals surface area contributed by atoms with Crippen molar-refractivity contribution in [2.45, 2.75) is 4.90 Å². The number of ether oxygens (including phenoxy) is 2. The number of carbonyl (C=O) groups is 1. The van der Waals surface area contributed by atoms with Gasteiger partial charge in [-0.2, -0.15) is 0 Å². The van der Waals surface area contributed by atoms with Gasteiger partial charge in [-0.05, 0) is 48.5 Å². The van der Waals surface area contributed by atoms with Crippen molar-refractivity contribution in [1.29, 1.82) is 0 Å². The van der Waals surface area contributed by atoms with E-state index in [2.05, 4.69) is 5.32 Å². The zero-order valence-electron chi connectivity index (χ0n) is 17.8. The van der Waals surface area contributed by atoms with Crippen LogP contribution in [0.25, 0.3) is 0 Å². The van der Waals surface area contributed by atoms with Gasteiger partial charge in [0.25, 0.3) is 10.0 Å². The van der Waals surface area contributed by atoms with E-state index in [1.165, 1.54) is 56.7 Å². The van der Waals surface area contributed by atoms with Crippen LogP contribution in [0.5, 0.6) is 11.5 Å². The molecule has 1 N–H and O–H groups in total. The van der Waals surface area contributed by atoms with Crippen molar-refractivity contribution in [3.8, 4) is 11.5 Å². The average molecular weight is 548 g/mol. The second-order valence-corrected chi connectivity index (χ2v) is 9.91. The summed E-state index contributed by atoms with van der Waals surface area (Å²) in [5, 5.41) is 2.74. The van der Waals surface area contributed by atoms with Gasteiger partial charge in [0.1, 0.15) is 12.4 Å². The topological polar surface area (TPSA) is 84.9 Å². The van der Waals surface area contributed by atoms with E-state index in [0.717, 1.165) is 16.4 Å². The molecule has 0 heterocycles. The maximum Gasteiger partial charge on any atom is 0.264 e. The normalized spacial score (nSPS) is 11.1. The molecule has 0 radical (unpaired) electrons. The number of nitrogens with one attached hydrogen (secondary N) is 1. The van der Waals surface area contributed by atoms with Crippen LogP contribution in [-0.4, -0.2) is 35.1 Å². The SMILES string of the molecule is COc1ccc(S(=O)(=O)N(CC(=O)Nc2cc(Cl)ccc2Cl)c2ccc(F)c(Cl)c2)cc1OC. The van der Waals surface area contributed by atoms with Crippen LogP contribution in [0.15, 0.2) is 59.5 Å². The Kier molecular flexibility index (Phi) is 8.14. The molecule has 180 valence electrons. The number of hydrogen-bond donors (Lipinski definition) is 1. The van der Waals surface area contributed by atoms with E-state index in [1.54, 1.807) is 0 Å². The highest BCUT2D eigenvalue weighted by molar-refractivity contribution is 7.92. The summed E-state index contributed by atoms with van der Waals surface area (Å²) < 4.78 is 52.0. The summed E-state index contributed by atoms with van der Waals surface area (Å²) in [6, 6.07) is 11.7. The Morgan fingerprint density at radius 1 is 0.941 bits per heavy atom. The van der Waals surface area contributed by atoms with Gasteiger partial charge in [0.05, 0.1) is 40.5 Å². The number of amides is 1. The van der Waals surface area contributed by atoms with Gasteiger partial charge in [-0.3, -0.25) is 9.10 Å². The van der Waals surface area contributed by atoms with Crippen LogP contribution < -0.4 is 19.1 Å². The molecule has 12 heteroatoms. The quantitative estimate of drug-likeness (QED) is 0.395. The molecular formula is C22H18Cl3FN2O5S. The molecule has 3 rings (SSSR count). The van der Waals surface area contributed by atoms with E-state index in [0.29, 0.717) is 10.8 Å². The lowest BCUT2D eigenvalue weighted by molar-refractivity contribution is -0.114. The highest BCUT2D eigenvalue weighted by Gasteiger charge is 2.29. The van der Waals surface area contributed by atoms with Gasteiger partial charge in [0, 0.05) is 11.1 Å². The molecule has 34 heavy (non-hydrogen) atoms. The Hall–Kier alpha value is -2.72. The maximum absolute atomic E-state index is 13.8. The van der Waals surface area contributed by atoms with Gasteiger partial charge >= 0.3 is 0 Å². The predicted octanol–water partition coefficient (Wildman–Crippen LogP) is 5.64. The van der Waals surface area contributed by atoms with Crippen molar-refractivity contribution in [3.63, 3.8) is 0 Å². The first kappa shape index (κ1) is 25.9. The molecule has 0 spiro atoms. The number of halogens is 4. The van der Waals surface area contributed by atoms with Crippen molar-refractivity contribution in [1.82, 2.24) is 0 Å². The first-order valence-corrected chi connectivity index (χ1v) is 12.1. The second-order valence-electron chi connectivity index (χ2n) is 6.80. The number of anilines is 2. The molecule has 0 aromatic heterocycles. The summed E-state index contributed by atoms with van der Waals surface area (Å²) >= 11 is 17.9. The van der Waals surface area contributed by atoms with Crippen LogP contribution >= 0.6 is 34.8 Å². The third kappa shape index (κ3) is 5.67. The summed E-state index contributed by atoms with van der Waals surface area (Å²) in [5.41, 5.74) is 0.160. The standard InChI is InChI=1S/C22H18Cl3FN2O5S/c1-32-20-8-5-15(11-21(20)33-2)34(30,31)28(14-4-7-18(26)17(25)10-14)12-22(29)27-19-9-13(23)3-6-16(19)24/h3-11H,12H2,1-2H3,(H,27,29). The molecule has 0 aliphatic carbocycles. The van der Waals surface area contributed by atoms with Crippen LogP contribution in [0.2, 0.25) is 15.1 Å². The molecule has 0 fully saturated rings. The van der Waals surface area contributed by atoms with Crippen LogP contribution in [0, 0.1) is 5.82 Å². The molecule has 1 amide bonds. The highest BCUT2D eigenvalue weighted by atomic mass is 35.5. The molecule has 3 aromatic rings. The van der Waals surface area contributed by atoms with Crippen molar-refractivity contribution in [3.05, 3.63) is 75.5 Å². The molecule has 0 bridgehead atoms. The molecule has 7 nitrogen and oxygen atoms in total. The Bertz CT molecular complexity index is 1340. The highest BCUT2D eigenvalue weighted by Crippen LogP contribution is 2.33. The van der Waals surface area contributed by atoms with E-state index in [1.807, 2.05) is 0 Å². The number of carbonyl (C=O) groups excluding carboxylic acids is 1. The van der Waals surface area contributed by atoms with E-state index in [4.69, 9.17) is 44.3 Å². The van der Waals surface area contributed by atoms with Gasteiger partial charge in [-0.15, -0.1) is 0 Å². The third-order valence-electron chi connectivity index (χ3n) is 4.62. The molecule has 0 atom stereocenters. The van der Waals surface area contributed by atoms with Crippen LogP contribution in [0.4, 0.5) is 15.8 Å². The number of hydrogen-bond acceptors (Lipinski definition) is 5. The summed E-state index contributed by atoms with van der Waals surface area (Å²) in [4.78, 5) is 12.6. The van der Waals surface area contributed by atoms with E-state index >= 15 is 0 Å². The lowest BCUT2D eigenvalue weighted by Crippen LogP contribution is -2.38. The second kappa shape index (κ2) is 10.7. The van der Waals surface area contributed by atoms with Gasteiger partial charge in [0.2, 0.25) is 5.91 Å². The van der Waals surface area contributed by atoms with Gasteiger partial charge in [0.15, 0.2) is 11.5 Å². The third-order valence-corrected chi connectivity index (χ3v) is 7.25. The van der Waals surface area contributed by atoms with Crippen LogP contribution in [-0.2, 0) is 14.8 Å². The minimum atomic E-state index is -4.35. The van der Waals surface area contributed by atoms with E-state index in [9.17, 15) is 17.6 Å². The zero-order valence-corrected chi connectivity index (χ0v) is 20.9. The Labute approximate surface area is 211 Å². The maximum atomic E-state index is 13.8. The molecule has 0 saturated carbocycles. The monoisotopic (exact) mass is 546 g/mol. The van der Waals surface area contributed by atoms with E-state index < -0.39 is 28.3 Å². The number of sulfonamides is 1. The Morgan fingerprint density at radius 2 is 1.65 bits per heavy atom. The number of benzene rings is 3. The predicted molar refractivity (Wildman–Crippen MR) is 131 cm³/mol. The fraction of sp³-hybridized carbons (Fsp3) is 0.136. The lowest BCUT2D eigenvalue weighted by Gasteiger charge is -2.25. The fourth-order valence-corrected chi connectivity index (χ4v) is 4.91. The van der Waals surface area contributed by atoms with Crippen LogP contribution in [0.3, 0.4) is 0 Å². The zero-order chi connectivity index (χ0) is 25.0. The molecule has 0 aliphatic heterocycles. The molecule has 0 saturated heterocycles. The van der Waals surface area contributed by atoms with Crippen molar-refractivity contribution >= 4 is 62.1 Å². The number of methoxy groups -OCH3 is 2. The molecule has 3 aromatic carbocycles. The molecule has 0 unspecified atom stereocenters. The number of rotatable bonds is 8. The van der Waals surface area contributed by atoms with Gasteiger partial charge in [-0.25, -0.2) is 12.8 Å².